The quantitative estimate of drug-likeness (QED) is 0.792. The van der Waals surface area contributed by atoms with Crippen LogP contribution in [0.1, 0.15) is 46.0 Å². The number of hydrogen-bond donors (Lipinski definition) is 2. The molecule has 0 fully saturated rings. The molecule has 0 saturated carbocycles. The summed E-state index contributed by atoms with van der Waals surface area (Å²) in [5.41, 5.74) is 9.09. The first kappa shape index (κ1) is 12.1. The number of para-hydroxylation sites is 1. The number of hydrogen-bond acceptors (Lipinski definition) is 2. The van der Waals surface area contributed by atoms with E-state index in [1.165, 1.54) is 5.56 Å². The normalized spacial score (nSPS) is 13.3. The molecule has 0 atom stereocenters. The predicted octanol–water partition coefficient (Wildman–Crippen LogP) is 3.05. The summed E-state index contributed by atoms with van der Waals surface area (Å²) in [5.74, 6) is 0.837. The lowest BCUT2D eigenvalue weighted by Gasteiger charge is -2.19. The zero-order valence-electron chi connectivity index (χ0n) is 11.3. The number of benzene rings is 1. The molecule has 0 saturated heterocycles. The number of nitrogens with one attached hydrogen (secondary N) is 1. The SMILES string of the molecule is CC(C)(C)c1cccc2[nH]c(C(C)(C)N)nc12. The average molecular weight is 231 g/mol. The van der Waals surface area contributed by atoms with Crippen LogP contribution in [0.15, 0.2) is 18.2 Å². The Morgan fingerprint density at radius 3 is 2.29 bits per heavy atom. The Bertz CT molecular complexity index is 539. The highest BCUT2D eigenvalue weighted by Crippen LogP contribution is 2.29. The van der Waals surface area contributed by atoms with Gasteiger partial charge in [0, 0.05) is 0 Å². The third-order valence-electron chi connectivity index (χ3n) is 2.93. The molecule has 17 heavy (non-hydrogen) atoms. The molecule has 0 aliphatic carbocycles. The third-order valence-corrected chi connectivity index (χ3v) is 2.93. The maximum Gasteiger partial charge on any atom is 0.126 e. The van der Waals surface area contributed by atoms with Gasteiger partial charge in [0.1, 0.15) is 5.82 Å². The molecule has 0 unspecified atom stereocenters. The molecule has 0 bridgehead atoms. The van der Waals surface area contributed by atoms with Gasteiger partial charge in [-0.2, -0.15) is 0 Å². The van der Waals surface area contributed by atoms with Crippen LogP contribution < -0.4 is 5.73 Å². The Kier molecular flexibility index (Phi) is 2.54. The molecule has 3 N–H and O–H groups in total. The summed E-state index contributed by atoms with van der Waals surface area (Å²) in [6.07, 6.45) is 0. The second-order valence-electron chi connectivity index (χ2n) is 6.26. The lowest BCUT2D eigenvalue weighted by molar-refractivity contribution is 0.521. The summed E-state index contributed by atoms with van der Waals surface area (Å²) in [4.78, 5) is 7.98. The molecule has 0 aliphatic rings. The van der Waals surface area contributed by atoms with Gasteiger partial charge in [0.2, 0.25) is 0 Å². The van der Waals surface area contributed by atoms with Gasteiger partial charge in [-0.05, 0) is 30.9 Å². The number of imidazole rings is 1. The number of rotatable bonds is 1. The van der Waals surface area contributed by atoms with Crippen molar-refractivity contribution in [3.05, 3.63) is 29.6 Å². The number of aromatic nitrogens is 2. The van der Waals surface area contributed by atoms with Gasteiger partial charge in [-0.25, -0.2) is 4.98 Å². The second-order valence-corrected chi connectivity index (χ2v) is 6.26. The van der Waals surface area contributed by atoms with Crippen LogP contribution in [0.2, 0.25) is 0 Å². The Labute approximate surface area is 102 Å². The van der Waals surface area contributed by atoms with Crippen LogP contribution in [0.3, 0.4) is 0 Å². The van der Waals surface area contributed by atoms with Crippen LogP contribution in [-0.4, -0.2) is 9.97 Å². The first-order valence-electron chi connectivity index (χ1n) is 5.98. The number of fused-ring (bicyclic) bond motifs is 1. The van der Waals surface area contributed by atoms with Crippen LogP contribution in [0.25, 0.3) is 11.0 Å². The standard InChI is InChI=1S/C14H21N3/c1-13(2,3)9-7-6-8-10-11(9)17-12(16-10)14(4,5)15/h6-8H,15H2,1-5H3,(H,16,17). The van der Waals surface area contributed by atoms with Crippen LogP contribution in [0, 0.1) is 0 Å². The van der Waals surface area contributed by atoms with Crippen molar-refractivity contribution in [1.82, 2.24) is 9.97 Å². The van der Waals surface area contributed by atoms with Gasteiger partial charge in [-0.1, -0.05) is 32.9 Å². The predicted molar refractivity (Wildman–Crippen MR) is 72.0 cm³/mol. The monoisotopic (exact) mass is 231 g/mol. The topological polar surface area (TPSA) is 54.7 Å². The van der Waals surface area contributed by atoms with Crippen molar-refractivity contribution in [1.29, 1.82) is 0 Å². The Morgan fingerprint density at radius 1 is 1.12 bits per heavy atom. The minimum Gasteiger partial charge on any atom is -0.340 e. The van der Waals surface area contributed by atoms with E-state index in [9.17, 15) is 0 Å². The lowest BCUT2D eigenvalue weighted by Crippen LogP contribution is -2.30. The molecule has 3 heteroatoms. The van der Waals surface area contributed by atoms with Gasteiger partial charge >= 0.3 is 0 Å². The fraction of sp³-hybridized carbons (Fsp3) is 0.500. The molecule has 2 aromatic rings. The highest BCUT2D eigenvalue weighted by molar-refractivity contribution is 5.80. The summed E-state index contributed by atoms with van der Waals surface area (Å²) in [6.45, 7) is 10.5. The number of nitrogens with zero attached hydrogens (tertiary/aromatic N) is 1. The number of H-pyrrole nitrogens is 1. The maximum atomic E-state index is 6.09. The van der Waals surface area contributed by atoms with E-state index in [4.69, 9.17) is 5.73 Å². The Hall–Kier alpha value is -1.35. The Morgan fingerprint density at radius 2 is 1.76 bits per heavy atom. The molecule has 3 nitrogen and oxygen atoms in total. The largest absolute Gasteiger partial charge is 0.340 e. The van der Waals surface area contributed by atoms with Crippen LogP contribution >= 0.6 is 0 Å². The Balaban J connectivity index is 2.70. The summed E-state index contributed by atoms with van der Waals surface area (Å²) in [6, 6.07) is 6.25. The summed E-state index contributed by atoms with van der Waals surface area (Å²) < 4.78 is 0. The lowest BCUT2D eigenvalue weighted by atomic mass is 9.86. The van der Waals surface area contributed by atoms with Gasteiger partial charge in [-0.3, -0.25) is 0 Å². The van der Waals surface area contributed by atoms with Crippen molar-refractivity contribution in [3.8, 4) is 0 Å². The van der Waals surface area contributed by atoms with E-state index in [0.29, 0.717) is 0 Å². The van der Waals surface area contributed by atoms with Crippen LogP contribution in [0.4, 0.5) is 0 Å². The molecule has 92 valence electrons. The fourth-order valence-corrected chi connectivity index (χ4v) is 1.94. The molecular formula is C14H21N3. The molecule has 1 aromatic carbocycles. The van der Waals surface area contributed by atoms with Gasteiger partial charge in [0.15, 0.2) is 0 Å². The van der Waals surface area contributed by atoms with Crippen molar-refractivity contribution in [2.45, 2.75) is 45.6 Å². The van der Waals surface area contributed by atoms with Crippen molar-refractivity contribution in [2.75, 3.05) is 0 Å². The first-order valence-corrected chi connectivity index (χ1v) is 5.98. The molecule has 0 aliphatic heterocycles. The average Bonchev–Trinajstić information content (AvgIpc) is 2.57. The van der Waals surface area contributed by atoms with Crippen molar-refractivity contribution < 1.29 is 0 Å². The number of nitrogens with two attached hydrogens (primary N) is 1. The molecule has 0 radical (unpaired) electrons. The van der Waals surface area contributed by atoms with Crippen LogP contribution in [-0.2, 0) is 11.0 Å². The molecular weight excluding hydrogens is 210 g/mol. The minimum atomic E-state index is -0.436. The second kappa shape index (κ2) is 3.57. The molecule has 2 rings (SSSR count). The van der Waals surface area contributed by atoms with E-state index in [1.54, 1.807) is 0 Å². The summed E-state index contributed by atoms with van der Waals surface area (Å²) >= 11 is 0. The summed E-state index contributed by atoms with van der Waals surface area (Å²) in [5, 5.41) is 0. The van der Waals surface area contributed by atoms with Crippen molar-refractivity contribution >= 4 is 11.0 Å². The molecule has 0 amide bonds. The van der Waals surface area contributed by atoms with E-state index in [0.717, 1.165) is 16.9 Å². The third kappa shape index (κ3) is 2.20. The smallest absolute Gasteiger partial charge is 0.126 e. The molecule has 1 heterocycles. The van der Waals surface area contributed by atoms with Gasteiger partial charge < -0.3 is 10.7 Å². The van der Waals surface area contributed by atoms with E-state index in [1.807, 2.05) is 19.9 Å². The van der Waals surface area contributed by atoms with E-state index in [2.05, 4.69) is 42.9 Å². The first-order chi connectivity index (χ1) is 7.69. The van der Waals surface area contributed by atoms with Crippen LogP contribution in [0.5, 0.6) is 0 Å². The van der Waals surface area contributed by atoms with E-state index >= 15 is 0 Å². The highest BCUT2D eigenvalue weighted by atomic mass is 15.0. The van der Waals surface area contributed by atoms with E-state index in [-0.39, 0.29) is 5.41 Å². The zero-order valence-corrected chi connectivity index (χ0v) is 11.3. The van der Waals surface area contributed by atoms with Crippen molar-refractivity contribution in [2.24, 2.45) is 5.73 Å². The van der Waals surface area contributed by atoms with Crippen molar-refractivity contribution in [3.63, 3.8) is 0 Å². The van der Waals surface area contributed by atoms with Gasteiger partial charge in [-0.15, -0.1) is 0 Å². The maximum absolute atomic E-state index is 6.09. The minimum absolute atomic E-state index is 0.0880. The fourth-order valence-electron chi connectivity index (χ4n) is 1.94. The zero-order chi connectivity index (χ0) is 12.8. The number of aromatic amines is 1. The van der Waals surface area contributed by atoms with Gasteiger partial charge in [0.25, 0.3) is 0 Å². The summed E-state index contributed by atoms with van der Waals surface area (Å²) in [7, 11) is 0. The molecule has 0 spiro atoms. The highest BCUT2D eigenvalue weighted by Gasteiger charge is 2.23. The van der Waals surface area contributed by atoms with E-state index < -0.39 is 5.54 Å². The van der Waals surface area contributed by atoms with Gasteiger partial charge in [0.05, 0.1) is 16.6 Å². The molecule has 1 aromatic heterocycles.